The Bertz CT molecular complexity index is 235. The van der Waals surface area contributed by atoms with Crippen LogP contribution < -0.4 is 17.0 Å². The van der Waals surface area contributed by atoms with E-state index in [2.05, 4.69) is 20.8 Å². The molecule has 0 aliphatic rings. The summed E-state index contributed by atoms with van der Waals surface area (Å²) >= 11 is 0. The second-order valence-electron chi connectivity index (χ2n) is 7.95. The van der Waals surface area contributed by atoms with Crippen LogP contribution in [0.1, 0.15) is 124 Å². The summed E-state index contributed by atoms with van der Waals surface area (Å²) in [5.41, 5.74) is 0. The first kappa shape index (κ1) is 28.6. The summed E-state index contributed by atoms with van der Waals surface area (Å²) in [4.78, 5) is 5.94. The van der Waals surface area contributed by atoms with Crippen LogP contribution in [0.4, 0.5) is 0 Å². The molecule has 0 atom stereocenters. The van der Waals surface area contributed by atoms with Crippen LogP contribution in [-0.4, -0.2) is 31.4 Å². The van der Waals surface area contributed by atoms with Crippen molar-refractivity contribution < 1.29 is 26.5 Å². The lowest BCUT2D eigenvalue weighted by molar-refractivity contribution is -1.10. The predicted molar refractivity (Wildman–Crippen MR) is 113 cm³/mol. The summed E-state index contributed by atoms with van der Waals surface area (Å²) < 4.78 is 0.881. The van der Waals surface area contributed by atoms with Crippen LogP contribution >= 0.6 is 0 Å². The van der Waals surface area contributed by atoms with E-state index in [1.165, 1.54) is 116 Å². The van der Waals surface area contributed by atoms with Crippen molar-refractivity contribution in [3.8, 4) is 0 Å². The molecule has 0 saturated carbocycles. The molecular formula is C23H50BrNO. The van der Waals surface area contributed by atoms with Gasteiger partial charge in [-0.25, -0.2) is 4.84 Å². The minimum absolute atomic E-state index is 0. The molecule has 160 valence electrons. The van der Waals surface area contributed by atoms with Crippen LogP contribution in [0.2, 0.25) is 0 Å². The number of hydrogen-bond donors (Lipinski definition) is 0. The quantitative estimate of drug-likeness (QED) is 0.153. The maximum Gasteiger partial charge on any atom is 0.109 e. The number of halogens is 1. The highest BCUT2D eigenvalue weighted by atomic mass is 79.9. The lowest BCUT2D eigenvalue weighted by Gasteiger charge is -2.33. The summed E-state index contributed by atoms with van der Waals surface area (Å²) in [6, 6.07) is 0. The number of rotatable bonds is 20. The molecule has 0 spiro atoms. The van der Waals surface area contributed by atoms with Crippen LogP contribution in [0.15, 0.2) is 0 Å². The summed E-state index contributed by atoms with van der Waals surface area (Å²) in [6.45, 7) is 10.4. The minimum Gasteiger partial charge on any atom is -1.00 e. The number of hydrogen-bond acceptors (Lipinski definition) is 1. The van der Waals surface area contributed by atoms with Gasteiger partial charge < -0.3 is 17.0 Å². The molecule has 0 bridgehead atoms. The molecule has 0 aliphatic heterocycles. The molecule has 0 aromatic carbocycles. The van der Waals surface area contributed by atoms with E-state index < -0.39 is 0 Å². The molecule has 0 radical (unpaired) electrons. The van der Waals surface area contributed by atoms with Gasteiger partial charge in [-0.15, -0.1) is 0 Å². The van der Waals surface area contributed by atoms with E-state index in [9.17, 15) is 0 Å². The highest BCUT2D eigenvalue weighted by Gasteiger charge is 2.24. The maximum absolute atomic E-state index is 5.94. The van der Waals surface area contributed by atoms with Gasteiger partial charge in [0, 0.05) is 0 Å². The van der Waals surface area contributed by atoms with Gasteiger partial charge >= 0.3 is 0 Å². The Hall–Kier alpha value is 0.400. The molecule has 0 saturated heterocycles. The van der Waals surface area contributed by atoms with E-state index >= 15 is 0 Å². The second kappa shape index (κ2) is 21.7. The average molecular weight is 437 g/mol. The first-order valence-electron chi connectivity index (χ1n) is 11.7. The summed E-state index contributed by atoms with van der Waals surface area (Å²) in [5.74, 6) is 0. The van der Waals surface area contributed by atoms with Crippen molar-refractivity contribution in [2.45, 2.75) is 124 Å². The monoisotopic (exact) mass is 435 g/mol. The number of quaternary nitrogens is 1. The fourth-order valence-electron chi connectivity index (χ4n) is 3.81. The van der Waals surface area contributed by atoms with Gasteiger partial charge in [-0.1, -0.05) is 90.9 Å². The van der Waals surface area contributed by atoms with E-state index in [-0.39, 0.29) is 17.0 Å². The highest BCUT2D eigenvalue weighted by Crippen LogP contribution is 2.16. The van der Waals surface area contributed by atoms with Gasteiger partial charge in [0.2, 0.25) is 0 Å². The average Bonchev–Trinajstić information content (AvgIpc) is 2.64. The van der Waals surface area contributed by atoms with Gasteiger partial charge in [-0.05, 0) is 32.6 Å². The fourth-order valence-corrected chi connectivity index (χ4v) is 3.81. The van der Waals surface area contributed by atoms with Crippen LogP contribution in [0.3, 0.4) is 0 Å². The third-order valence-corrected chi connectivity index (χ3v) is 5.80. The van der Waals surface area contributed by atoms with Crippen molar-refractivity contribution in [3.63, 3.8) is 0 Å². The lowest BCUT2D eigenvalue weighted by atomic mass is 10.1. The first-order chi connectivity index (χ1) is 12.2. The molecule has 0 rings (SSSR count). The summed E-state index contributed by atoms with van der Waals surface area (Å²) in [5, 5.41) is 0. The van der Waals surface area contributed by atoms with Crippen molar-refractivity contribution in [1.82, 2.24) is 0 Å². The molecule has 0 fully saturated rings. The SMILES string of the molecule is CCCCCCCCCC[N+](CC)(CCCCCCCCCC)OC.[Br-]. The van der Waals surface area contributed by atoms with Crippen LogP contribution in [0.5, 0.6) is 0 Å². The molecule has 0 amide bonds. The Kier molecular flexibility index (Phi) is 23.9. The largest absolute Gasteiger partial charge is 1.00 e. The third-order valence-electron chi connectivity index (χ3n) is 5.80. The van der Waals surface area contributed by atoms with Crippen molar-refractivity contribution in [3.05, 3.63) is 0 Å². The molecule has 0 heterocycles. The number of unbranched alkanes of at least 4 members (excludes halogenated alkanes) is 14. The molecule has 2 nitrogen and oxygen atoms in total. The summed E-state index contributed by atoms with van der Waals surface area (Å²) in [6.07, 6.45) is 22.4. The van der Waals surface area contributed by atoms with Crippen LogP contribution in [0.25, 0.3) is 0 Å². The maximum atomic E-state index is 5.94. The van der Waals surface area contributed by atoms with Crippen molar-refractivity contribution in [2.24, 2.45) is 0 Å². The van der Waals surface area contributed by atoms with Crippen LogP contribution in [-0.2, 0) is 4.84 Å². The fraction of sp³-hybridized carbons (Fsp3) is 1.00. The number of nitrogens with zero attached hydrogens (tertiary/aromatic N) is 1. The molecular weight excluding hydrogens is 386 g/mol. The Morgan fingerprint density at radius 2 is 0.808 bits per heavy atom. The Morgan fingerprint density at radius 1 is 0.500 bits per heavy atom. The molecule has 0 aliphatic carbocycles. The van der Waals surface area contributed by atoms with Crippen molar-refractivity contribution >= 4 is 0 Å². The Balaban J connectivity index is 0. The Labute approximate surface area is 176 Å². The van der Waals surface area contributed by atoms with E-state index in [0.29, 0.717) is 0 Å². The molecule has 3 heteroatoms. The summed E-state index contributed by atoms with van der Waals surface area (Å²) in [7, 11) is 1.92. The van der Waals surface area contributed by atoms with Gasteiger partial charge in [0.15, 0.2) is 0 Å². The van der Waals surface area contributed by atoms with Crippen LogP contribution in [0, 0.1) is 0 Å². The molecule has 0 aromatic rings. The smallest absolute Gasteiger partial charge is 0.109 e. The van der Waals surface area contributed by atoms with E-state index in [1.807, 2.05) is 7.11 Å². The second-order valence-corrected chi connectivity index (χ2v) is 7.95. The van der Waals surface area contributed by atoms with Crippen molar-refractivity contribution in [1.29, 1.82) is 0 Å². The van der Waals surface area contributed by atoms with E-state index in [1.54, 1.807) is 0 Å². The van der Waals surface area contributed by atoms with Gasteiger partial charge in [-0.3, -0.25) is 0 Å². The van der Waals surface area contributed by atoms with Gasteiger partial charge in [-0.2, -0.15) is 4.65 Å². The Morgan fingerprint density at radius 3 is 1.08 bits per heavy atom. The van der Waals surface area contributed by atoms with E-state index in [0.717, 1.165) is 11.2 Å². The minimum atomic E-state index is 0. The zero-order chi connectivity index (χ0) is 18.6. The molecule has 0 unspecified atom stereocenters. The zero-order valence-electron chi connectivity index (χ0n) is 18.7. The van der Waals surface area contributed by atoms with Crippen molar-refractivity contribution in [2.75, 3.05) is 26.7 Å². The first-order valence-corrected chi connectivity index (χ1v) is 11.7. The zero-order valence-corrected chi connectivity index (χ0v) is 20.3. The third kappa shape index (κ3) is 16.6. The normalized spacial score (nSPS) is 11.5. The lowest BCUT2D eigenvalue weighted by Crippen LogP contribution is -3.00. The standard InChI is InChI=1S/C23H50NO.BrH/c1-5-8-10-12-14-16-18-20-22-24(7-3,25-4)23-21-19-17-15-13-11-9-6-2;/h5-23H2,1-4H3;1H/q+1;/p-1. The van der Waals surface area contributed by atoms with E-state index in [4.69, 9.17) is 4.84 Å². The van der Waals surface area contributed by atoms with Gasteiger partial charge in [0.05, 0.1) is 7.11 Å². The highest BCUT2D eigenvalue weighted by molar-refractivity contribution is 4.48. The molecule has 0 N–H and O–H groups in total. The molecule has 26 heavy (non-hydrogen) atoms. The number of hydroxylamine groups is 3. The predicted octanol–water partition coefficient (Wildman–Crippen LogP) is 4.67. The topological polar surface area (TPSA) is 9.23 Å². The van der Waals surface area contributed by atoms with Gasteiger partial charge in [0.25, 0.3) is 0 Å². The molecule has 0 aromatic heterocycles. The van der Waals surface area contributed by atoms with Gasteiger partial charge in [0.1, 0.15) is 19.6 Å².